The topological polar surface area (TPSA) is 175 Å². The third-order valence-electron chi connectivity index (χ3n) is 15.1. The minimum Gasteiger partial charge on any atom is -0.454 e. The standard InChI is InChI=1S/C68H121NO10/c1-4-7-10-13-16-19-22-24-26-28-30-32-33-35-37-40-43-46-49-52-55-61(72)67(76)69-59(60(71)54-51-48-45-42-39-21-18-15-12-9-6-3)58-77-68-66(65(75)64(74)62(57-70)78-68)79-63(73)56-53-50-47-44-41-38-36-34-31-29-27-25-23-20-17-14-11-8-5-2/h8,11,17,20,25,27,31,34,38,41,51,54,59-62,64-66,68,70-72,74-75H,4-7,9-10,12-16,18-19,21-24,26,28-30,32-33,35-37,39-40,42-50,52-53,55-58H2,1-3H3,(H,69,76)/b11-8-,20-17-,27-25-,34-31-,41-38-,54-51+. The van der Waals surface area contributed by atoms with Crippen molar-refractivity contribution in [3.63, 3.8) is 0 Å². The van der Waals surface area contributed by atoms with E-state index in [0.29, 0.717) is 12.8 Å². The first-order valence-electron chi connectivity index (χ1n) is 32.7. The average molecular weight is 1110 g/mol. The maximum atomic E-state index is 13.4. The first-order valence-corrected chi connectivity index (χ1v) is 32.7. The molecule has 6 N–H and O–H groups in total. The zero-order valence-electron chi connectivity index (χ0n) is 50.7. The minimum atomic E-state index is -1.63. The van der Waals surface area contributed by atoms with Crippen LogP contribution in [0.5, 0.6) is 0 Å². The summed E-state index contributed by atoms with van der Waals surface area (Å²) in [7, 11) is 0. The van der Waals surface area contributed by atoms with Gasteiger partial charge in [0.1, 0.15) is 24.4 Å². The van der Waals surface area contributed by atoms with Crippen molar-refractivity contribution < 1.29 is 49.3 Å². The first-order chi connectivity index (χ1) is 38.7. The van der Waals surface area contributed by atoms with E-state index in [1.807, 2.05) is 6.08 Å². The Balaban J connectivity index is 2.64. The van der Waals surface area contributed by atoms with Gasteiger partial charge in [0.25, 0.3) is 0 Å². The molecule has 0 bridgehead atoms. The van der Waals surface area contributed by atoms with Gasteiger partial charge in [-0.2, -0.15) is 0 Å². The van der Waals surface area contributed by atoms with E-state index >= 15 is 0 Å². The molecular weight excluding hydrogens is 991 g/mol. The Bertz CT molecular complexity index is 1560. The molecule has 11 nitrogen and oxygen atoms in total. The van der Waals surface area contributed by atoms with Gasteiger partial charge in [-0.1, -0.05) is 280 Å². The summed E-state index contributed by atoms with van der Waals surface area (Å²) >= 11 is 0. The normalized spacial score (nSPS) is 19.3. The third kappa shape index (κ3) is 43.5. The summed E-state index contributed by atoms with van der Waals surface area (Å²) in [5, 5.41) is 57.0. The highest BCUT2D eigenvalue weighted by Gasteiger charge is 2.47. The molecule has 0 aromatic carbocycles. The van der Waals surface area contributed by atoms with Gasteiger partial charge in [-0.3, -0.25) is 9.59 Å². The quantitative estimate of drug-likeness (QED) is 0.0195. The Morgan fingerprint density at radius 3 is 1.37 bits per heavy atom. The van der Waals surface area contributed by atoms with E-state index in [-0.39, 0.29) is 19.4 Å². The van der Waals surface area contributed by atoms with Crippen LogP contribution in [-0.4, -0.2) is 99.6 Å². The fourth-order valence-electron chi connectivity index (χ4n) is 9.97. The molecule has 8 atom stereocenters. The molecule has 0 saturated carbocycles. The minimum absolute atomic E-state index is 0.0830. The largest absolute Gasteiger partial charge is 0.454 e. The Hall–Kier alpha value is -2.90. The number of esters is 1. The van der Waals surface area contributed by atoms with Crippen molar-refractivity contribution in [2.75, 3.05) is 13.2 Å². The molecule has 0 aliphatic carbocycles. The number of aliphatic hydroxyl groups is 5. The van der Waals surface area contributed by atoms with Crippen LogP contribution < -0.4 is 5.32 Å². The summed E-state index contributed by atoms with van der Waals surface area (Å²) in [4.78, 5) is 26.6. The van der Waals surface area contributed by atoms with Gasteiger partial charge in [0.05, 0.1) is 25.4 Å². The van der Waals surface area contributed by atoms with Gasteiger partial charge in [-0.25, -0.2) is 0 Å². The highest BCUT2D eigenvalue weighted by Crippen LogP contribution is 2.26. The molecule has 1 fully saturated rings. The monoisotopic (exact) mass is 1110 g/mol. The summed E-state index contributed by atoms with van der Waals surface area (Å²) < 4.78 is 17.6. The molecule has 1 rings (SSSR count). The Morgan fingerprint density at radius 2 is 0.911 bits per heavy atom. The van der Waals surface area contributed by atoms with E-state index in [1.165, 1.54) is 148 Å². The van der Waals surface area contributed by atoms with Gasteiger partial charge in [0.15, 0.2) is 12.4 Å². The molecule has 8 unspecified atom stereocenters. The highest BCUT2D eigenvalue weighted by molar-refractivity contribution is 5.80. The van der Waals surface area contributed by atoms with Crippen LogP contribution in [0.3, 0.4) is 0 Å². The second kappa shape index (κ2) is 55.6. The van der Waals surface area contributed by atoms with Gasteiger partial charge in [0, 0.05) is 6.42 Å². The SMILES string of the molecule is CC/C=C\C/C=C\C/C=C\C/C=C\C/C=C\CCCCCC(=O)OC1C(OCC(NC(=O)C(O)CCCCCCCCCCCCCCCCCCCCCC)C(O)/C=C/CCCCCCCCCCC)OC(CO)C(O)C1O. The Morgan fingerprint density at radius 1 is 0.506 bits per heavy atom. The molecule has 1 aliphatic rings. The lowest BCUT2D eigenvalue weighted by Gasteiger charge is -2.41. The molecule has 11 heteroatoms. The Labute approximate surface area is 483 Å². The van der Waals surface area contributed by atoms with Crippen LogP contribution in [0.15, 0.2) is 72.9 Å². The second-order valence-electron chi connectivity index (χ2n) is 22.5. The van der Waals surface area contributed by atoms with E-state index in [1.54, 1.807) is 6.08 Å². The fraction of sp³-hybridized carbons (Fsp3) is 0.794. The number of hydrogen-bond donors (Lipinski definition) is 6. The number of rotatable bonds is 55. The number of carbonyl (C=O) groups is 2. The maximum Gasteiger partial charge on any atom is 0.306 e. The summed E-state index contributed by atoms with van der Waals surface area (Å²) in [5.41, 5.74) is 0. The lowest BCUT2D eigenvalue weighted by molar-refractivity contribution is -0.305. The van der Waals surface area contributed by atoms with Gasteiger partial charge in [-0.05, 0) is 70.6 Å². The number of carbonyl (C=O) groups excluding carboxylic acids is 2. The lowest BCUT2D eigenvalue weighted by Crippen LogP contribution is -2.61. The second-order valence-corrected chi connectivity index (χ2v) is 22.5. The predicted molar refractivity (Wildman–Crippen MR) is 329 cm³/mol. The molecule has 458 valence electrons. The molecule has 1 saturated heterocycles. The van der Waals surface area contributed by atoms with Crippen LogP contribution in [0.4, 0.5) is 0 Å². The summed E-state index contributed by atoms with van der Waals surface area (Å²) in [6.45, 7) is 5.67. The lowest BCUT2D eigenvalue weighted by atomic mass is 9.99. The smallest absolute Gasteiger partial charge is 0.306 e. The van der Waals surface area contributed by atoms with Crippen molar-refractivity contribution in [2.45, 2.75) is 333 Å². The number of hydrogen-bond acceptors (Lipinski definition) is 10. The molecule has 0 aromatic heterocycles. The summed E-state index contributed by atoms with van der Waals surface area (Å²) in [6.07, 6.45) is 60.9. The average Bonchev–Trinajstić information content (AvgIpc) is 3.47. The van der Waals surface area contributed by atoms with Crippen molar-refractivity contribution >= 4 is 11.9 Å². The van der Waals surface area contributed by atoms with Gasteiger partial charge < -0.3 is 45.1 Å². The maximum absolute atomic E-state index is 13.4. The molecule has 1 amide bonds. The van der Waals surface area contributed by atoms with E-state index in [4.69, 9.17) is 14.2 Å². The van der Waals surface area contributed by atoms with E-state index < -0.39 is 67.4 Å². The van der Waals surface area contributed by atoms with Gasteiger partial charge >= 0.3 is 5.97 Å². The number of aliphatic hydroxyl groups excluding tert-OH is 5. The fourth-order valence-corrected chi connectivity index (χ4v) is 9.97. The number of allylic oxidation sites excluding steroid dienone is 11. The van der Waals surface area contributed by atoms with E-state index in [9.17, 15) is 35.1 Å². The molecule has 0 spiro atoms. The Kier molecular flexibility index (Phi) is 52.2. The van der Waals surface area contributed by atoms with Crippen molar-refractivity contribution in [1.82, 2.24) is 5.32 Å². The van der Waals surface area contributed by atoms with Crippen LogP contribution in [0.25, 0.3) is 0 Å². The molecule has 79 heavy (non-hydrogen) atoms. The van der Waals surface area contributed by atoms with E-state index in [2.05, 4.69) is 86.8 Å². The van der Waals surface area contributed by atoms with Crippen molar-refractivity contribution in [3.8, 4) is 0 Å². The first kappa shape index (κ1) is 74.1. The van der Waals surface area contributed by atoms with Crippen LogP contribution in [0.1, 0.15) is 284 Å². The molecular formula is C68H121NO10. The number of unbranched alkanes of at least 4 members (excludes halogenated alkanes) is 31. The molecule has 0 aromatic rings. The third-order valence-corrected chi connectivity index (χ3v) is 15.1. The number of nitrogens with one attached hydrogen (secondary N) is 1. The molecule has 1 heterocycles. The van der Waals surface area contributed by atoms with Gasteiger partial charge in [0.2, 0.25) is 5.91 Å². The van der Waals surface area contributed by atoms with Gasteiger partial charge in [-0.15, -0.1) is 0 Å². The molecule has 0 radical (unpaired) electrons. The van der Waals surface area contributed by atoms with Crippen molar-refractivity contribution in [2.24, 2.45) is 0 Å². The highest BCUT2D eigenvalue weighted by atomic mass is 16.7. The summed E-state index contributed by atoms with van der Waals surface area (Å²) in [6, 6.07) is -1.03. The van der Waals surface area contributed by atoms with Crippen LogP contribution in [0, 0.1) is 0 Å². The number of ether oxygens (including phenoxy) is 3. The van der Waals surface area contributed by atoms with E-state index in [0.717, 1.165) is 89.9 Å². The predicted octanol–water partition coefficient (Wildman–Crippen LogP) is 16.0. The summed E-state index contributed by atoms with van der Waals surface area (Å²) in [5.74, 6) is -1.22. The zero-order chi connectivity index (χ0) is 57.5. The van der Waals surface area contributed by atoms with Crippen molar-refractivity contribution in [3.05, 3.63) is 72.9 Å². The zero-order valence-corrected chi connectivity index (χ0v) is 50.7. The van der Waals surface area contributed by atoms with Crippen molar-refractivity contribution in [1.29, 1.82) is 0 Å². The number of amides is 1. The molecule has 1 aliphatic heterocycles. The van der Waals surface area contributed by atoms with Crippen LogP contribution in [-0.2, 0) is 23.8 Å². The van der Waals surface area contributed by atoms with Crippen LogP contribution >= 0.6 is 0 Å². The van der Waals surface area contributed by atoms with Crippen LogP contribution in [0.2, 0.25) is 0 Å².